The topological polar surface area (TPSA) is 87.1 Å². The maximum atomic E-state index is 13.1. The van der Waals surface area contributed by atoms with Gasteiger partial charge in [-0.05, 0) is 24.3 Å². The van der Waals surface area contributed by atoms with Crippen LogP contribution in [0, 0.1) is 0 Å². The number of aromatic nitrogens is 3. The SMILES string of the molecule is CNc1nc(NN=Cc2ccccc2C(F)(F)F)nc(Nc2cccc(C(F)(F)F)c2)n1. The van der Waals surface area contributed by atoms with Gasteiger partial charge in [-0.25, -0.2) is 5.43 Å². The third kappa shape index (κ3) is 5.83. The summed E-state index contributed by atoms with van der Waals surface area (Å²) in [6, 6.07) is 9.23. The zero-order valence-electron chi connectivity index (χ0n) is 16.3. The Morgan fingerprint density at radius 2 is 1.50 bits per heavy atom. The molecule has 3 aromatic rings. The second-order valence-electron chi connectivity index (χ2n) is 6.21. The molecule has 0 spiro atoms. The first-order valence-corrected chi connectivity index (χ1v) is 8.89. The number of alkyl halides is 6. The Morgan fingerprint density at radius 1 is 0.812 bits per heavy atom. The highest BCUT2D eigenvalue weighted by atomic mass is 19.4. The molecule has 32 heavy (non-hydrogen) atoms. The van der Waals surface area contributed by atoms with E-state index in [4.69, 9.17) is 0 Å². The van der Waals surface area contributed by atoms with Crippen LogP contribution in [0.15, 0.2) is 53.6 Å². The highest BCUT2D eigenvalue weighted by Gasteiger charge is 2.32. The van der Waals surface area contributed by atoms with Crippen LogP contribution in [0.1, 0.15) is 16.7 Å². The third-order valence-corrected chi connectivity index (χ3v) is 3.94. The molecule has 13 heteroatoms. The summed E-state index contributed by atoms with van der Waals surface area (Å²) in [4.78, 5) is 11.9. The molecule has 0 aliphatic heterocycles. The summed E-state index contributed by atoms with van der Waals surface area (Å²) >= 11 is 0. The maximum Gasteiger partial charge on any atom is 0.417 e. The Labute approximate surface area is 177 Å². The molecule has 1 heterocycles. The van der Waals surface area contributed by atoms with E-state index in [0.29, 0.717) is 0 Å². The number of nitrogens with one attached hydrogen (secondary N) is 3. The minimum absolute atomic E-state index is 0.0443. The molecule has 0 unspecified atom stereocenters. The van der Waals surface area contributed by atoms with Gasteiger partial charge in [-0.1, -0.05) is 24.3 Å². The molecule has 168 valence electrons. The average Bonchev–Trinajstić information content (AvgIpc) is 2.73. The number of hydrogen-bond acceptors (Lipinski definition) is 7. The van der Waals surface area contributed by atoms with Crippen molar-refractivity contribution < 1.29 is 26.3 Å². The Bertz CT molecular complexity index is 1110. The molecule has 2 aromatic carbocycles. The van der Waals surface area contributed by atoms with Crippen LogP contribution in [-0.4, -0.2) is 28.2 Å². The second kappa shape index (κ2) is 9.08. The summed E-state index contributed by atoms with van der Waals surface area (Å²) in [5.74, 6) is -0.223. The molecule has 0 aliphatic rings. The van der Waals surface area contributed by atoms with E-state index in [9.17, 15) is 26.3 Å². The third-order valence-electron chi connectivity index (χ3n) is 3.94. The van der Waals surface area contributed by atoms with E-state index in [1.54, 1.807) is 0 Å². The first kappa shape index (κ1) is 22.8. The van der Waals surface area contributed by atoms with Gasteiger partial charge in [0.2, 0.25) is 17.8 Å². The van der Waals surface area contributed by atoms with E-state index in [2.05, 4.69) is 36.1 Å². The van der Waals surface area contributed by atoms with Gasteiger partial charge in [-0.15, -0.1) is 0 Å². The Morgan fingerprint density at radius 3 is 2.19 bits per heavy atom. The lowest BCUT2D eigenvalue weighted by molar-refractivity contribution is -0.138. The molecule has 7 nitrogen and oxygen atoms in total. The summed E-state index contributed by atoms with van der Waals surface area (Å²) in [5, 5.41) is 8.99. The van der Waals surface area contributed by atoms with Crippen LogP contribution >= 0.6 is 0 Å². The minimum Gasteiger partial charge on any atom is -0.357 e. The quantitative estimate of drug-likeness (QED) is 0.271. The monoisotopic (exact) mass is 455 g/mol. The smallest absolute Gasteiger partial charge is 0.357 e. The molecule has 3 N–H and O–H groups in total. The lowest BCUT2D eigenvalue weighted by atomic mass is 10.1. The fourth-order valence-corrected chi connectivity index (χ4v) is 2.52. The molecule has 0 amide bonds. The van der Waals surface area contributed by atoms with E-state index in [0.717, 1.165) is 24.4 Å². The normalized spacial score (nSPS) is 12.1. The fraction of sp³-hybridized carbons (Fsp3) is 0.158. The lowest BCUT2D eigenvalue weighted by Gasteiger charge is -2.11. The van der Waals surface area contributed by atoms with Crippen molar-refractivity contribution in [1.29, 1.82) is 0 Å². The average molecular weight is 455 g/mol. The van der Waals surface area contributed by atoms with Gasteiger partial charge in [0.1, 0.15) is 0 Å². The van der Waals surface area contributed by atoms with Crippen LogP contribution < -0.4 is 16.1 Å². The molecule has 1 aromatic heterocycles. The molecular formula is C19H15F6N7. The van der Waals surface area contributed by atoms with Gasteiger partial charge in [-0.3, -0.25) is 0 Å². The molecule has 0 aliphatic carbocycles. The minimum atomic E-state index is -4.56. The van der Waals surface area contributed by atoms with Crippen molar-refractivity contribution >= 4 is 29.7 Å². The number of hydrogen-bond donors (Lipinski definition) is 3. The maximum absolute atomic E-state index is 13.1. The number of nitrogens with zero attached hydrogens (tertiary/aromatic N) is 4. The second-order valence-corrected chi connectivity index (χ2v) is 6.21. The molecular weight excluding hydrogens is 440 g/mol. The van der Waals surface area contributed by atoms with Gasteiger partial charge in [0.05, 0.1) is 17.3 Å². The van der Waals surface area contributed by atoms with Gasteiger partial charge in [-0.2, -0.15) is 46.4 Å². The number of hydrazone groups is 1. The van der Waals surface area contributed by atoms with Crippen molar-refractivity contribution in [2.24, 2.45) is 5.10 Å². The number of benzene rings is 2. The molecule has 0 radical (unpaired) electrons. The van der Waals surface area contributed by atoms with E-state index in [1.165, 1.54) is 37.4 Å². The van der Waals surface area contributed by atoms with Gasteiger partial charge in [0.15, 0.2) is 0 Å². The summed E-state index contributed by atoms with van der Waals surface area (Å²) in [7, 11) is 1.50. The molecule has 3 rings (SSSR count). The van der Waals surface area contributed by atoms with E-state index in [1.807, 2.05) is 0 Å². The van der Waals surface area contributed by atoms with Gasteiger partial charge in [0, 0.05) is 18.3 Å². The molecule has 0 saturated heterocycles. The largest absolute Gasteiger partial charge is 0.417 e. The van der Waals surface area contributed by atoms with E-state index < -0.39 is 23.5 Å². The summed E-state index contributed by atoms with van der Waals surface area (Å²) < 4.78 is 77.9. The van der Waals surface area contributed by atoms with Crippen LogP contribution in [0.3, 0.4) is 0 Å². The van der Waals surface area contributed by atoms with Gasteiger partial charge < -0.3 is 10.6 Å². The van der Waals surface area contributed by atoms with Crippen molar-refractivity contribution in [3.63, 3.8) is 0 Å². The van der Waals surface area contributed by atoms with Crippen LogP contribution in [0.4, 0.5) is 49.9 Å². The first-order chi connectivity index (χ1) is 15.1. The van der Waals surface area contributed by atoms with Crippen molar-refractivity contribution in [3.8, 4) is 0 Å². The van der Waals surface area contributed by atoms with Crippen LogP contribution in [0.5, 0.6) is 0 Å². The standard InChI is InChI=1S/C19H15F6N7/c1-26-15-29-16(28-13-7-4-6-12(9-13)18(20,21)22)31-17(30-15)32-27-10-11-5-2-3-8-14(11)19(23,24)25/h2-10H,1H3,(H3,26,28,29,30,31,32). The van der Waals surface area contributed by atoms with Crippen molar-refractivity contribution in [2.45, 2.75) is 12.4 Å². The van der Waals surface area contributed by atoms with Gasteiger partial charge >= 0.3 is 12.4 Å². The first-order valence-electron chi connectivity index (χ1n) is 8.89. The number of anilines is 4. The molecule has 0 atom stereocenters. The van der Waals surface area contributed by atoms with Crippen LogP contribution in [-0.2, 0) is 12.4 Å². The lowest BCUT2D eigenvalue weighted by Crippen LogP contribution is -2.10. The Balaban J connectivity index is 1.81. The summed E-state index contributed by atoms with van der Waals surface area (Å²) in [6.07, 6.45) is -8.14. The highest BCUT2D eigenvalue weighted by molar-refractivity contribution is 5.82. The molecule has 0 bridgehead atoms. The summed E-state index contributed by atoms with van der Waals surface area (Å²) in [6.45, 7) is 0. The molecule has 0 saturated carbocycles. The predicted molar refractivity (Wildman–Crippen MR) is 107 cm³/mol. The van der Waals surface area contributed by atoms with Crippen LogP contribution in [0.2, 0.25) is 0 Å². The number of halogens is 6. The number of rotatable bonds is 6. The van der Waals surface area contributed by atoms with Crippen molar-refractivity contribution in [3.05, 3.63) is 65.2 Å². The van der Waals surface area contributed by atoms with Crippen LogP contribution in [0.25, 0.3) is 0 Å². The zero-order chi connectivity index (χ0) is 23.4. The fourth-order valence-electron chi connectivity index (χ4n) is 2.52. The summed E-state index contributed by atoms with van der Waals surface area (Å²) in [5.41, 5.74) is 0.541. The Hall–Kier alpha value is -3.90. The zero-order valence-corrected chi connectivity index (χ0v) is 16.3. The van der Waals surface area contributed by atoms with E-state index in [-0.39, 0.29) is 29.1 Å². The highest BCUT2D eigenvalue weighted by Crippen LogP contribution is 2.32. The van der Waals surface area contributed by atoms with Crippen molar-refractivity contribution in [2.75, 3.05) is 23.1 Å². The van der Waals surface area contributed by atoms with Gasteiger partial charge in [0.25, 0.3) is 0 Å². The Kier molecular flexibility index (Phi) is 6.46. The molecule has 0 fully saturated rings. The van der Waals surface area contributed by atoms with E-state index >= 15 is 0 Å². The van der Waals surface area contributed by atoms with Crippen molar-refractivity contribution in [1.82, 2.24) is 15.0 Å². The predicted octanol–water partition coefficient (Wildman–Crippen LogP) is 5.14.